The number of fused-ring (bicyclic) bond motifs is 1. The van der Waals surface area contributed by atoms with Crippen molar-refractivity contribution in [2.45, 2.75) is 45.3 Å². The SMILES string of the molecule is COc1cc2c(c(F)c1OC)C(=N)N(CC(=O)c1cc(N3CCC(OCC(=O)O)C3)c(O)c(C(C)(C)C)c1)C2.Cl. The number of hydrogen-bond donors (Lipinski definition) is 3. The number of Topliss-reactive ketones (excluding diaryl/α,β-unsaturated/α-hetero) is 1. The number of rotatable bonds is 9. The highest BCUT2D eigenvalue weighted by Gasteiger charge is 2.34. The van der Waals surface area contributed by atoms with Crippen LogP contribution in [0.25, 0.3) is 0 Å². The summed E-state index contributed by atoms with van der Waals surface area (Å²) in [5, 5.41) is 28.7. The van der Waals surface area contributed by atoms with E-state index in [2.05, 4.69) is 0 Å². The van der Waals surface area contributed by atoms with Crippen LogP contribution in [0.15, 0.2) is 18.2 Å². The number of anilines is 1. The summed E-state index contributed by atoms with van der Waals surface area (Å²) in [5.41, 5.74) is 1.51. The van der Waals surface area contributed by atoms with E-state index >= 15 is 4.39 Å². The van der Waals surface area contributed by atoms with Crippen LogP contribution in [-0.2, 0) is 21.5 Å². The number of carbonyl (C=O) groups is 2. The fourth-order valence-corrected chi connectivity index (χ4v) is 5.09. The molecule has 0 aromatic heterocycles. The minimum Gasteiger partial charge on any atom is -0.505 e. The topological polar surface area (TPSA) is 133 Å². The van der Waals surface area contributed by atoms with Crippen LogP contribution in [0.3, 0.4) is 0 Å². The number of benzene rings is 2. The van der Waals surface area contributed by atoms with Gasteiger partial charge in [0.05, 0.1) is 38.1 Å². The molecule has 0 radical (unpaired) electrons. The number of carboxylic acid groups (broad SMARTS) is 1. The van der Waals surface area contributed by atoms with Crippen molar-refractivity contribution in [3.05, 3.63) is 46.3 Å². The van der Waals surface area contributed by atoms with E-state index in [9.17, 15) is 14.7 Å². The zero-order chi connectivity index (χ0) is 28.6. The molecule has 2 aliphatic rings. The number of nitrogens with one attached hydrogen (secondary N) is 1. The van der Waals surface area contributed by atoms with E-state index in [4.69, 9.17) is 24.7 Å². The molecule has 1 saturated heterocycles. The number of amidine groups is 1. The van der Waals surface area contributed by atoms with Gasteiger partial charge in [-0.25, -0.2) is 9.18 Å². The fourth-order valence-electron chi connectivity index (χ4n) is 5.09. The van der Waals surface area contributed by atoms with Crippen molar-refractivity contribution < 1.29 is 38.4 Å². The summed E-state index contributed by atoms with van der Waals surface area (Å²) in [7, 11) is 2.73. The first-order valence-electron chi connectivity index (χ1n) is 12.6. The van der Waals surface area contributed by atoms with Gasteiger partial charge in [-0.3, -0.25) is 10.2 Å². The minimum absolute atomic E-state index is 0. The predicted molar refractivity (Wildman–Crippen MR) is 149 cm³/mol. The standard InChI is InChI=1S/C28H34FN3O7.ClH/c1-28(2,3)18-8-15(9-19(25(18)36)31-7-6-17(12-31)39-14-22(34)35)20(33)13-32-11-16-10-21(37-4)26(38-5)24(29)23(16)27(32)30;/h8-10,17,30,36H,6-7,11-14H2,1-5H3,(H,34,35);1H. The Bertz CT molecular complexity index is 1330. The second-order valence-corrected chi connectivity index (χ2v) is 10.8. The first-order valence-corrected chi connectivity index (χ1v) is 12.6. The lowest BCUT2D eigenvalue weighted by atomic mass is 9.84. The smallest absolute Gasteiger partial charge is 0.329 e. The van der Waals surface area contributed by atoms with Crippen molar-refractivity contribution in [1.82, 2.24) is 4.90 Å². The zero-order valence-corrected chi connectivity index (χ0v) is 24.0. The summed E-state index contributed by atoms with van der Waals surface area (Å²) in [6, 6.07) is 4.89. The highest BCUT2D eigenvalue weighted by molar-refractivity contribution is 6.06. The lowest BCUT2D eigenvalue weighted by molar-refractivity contribution is -0.143. The Kier molecular flexibility index (Phi) is 9.21. The summed E-state index contributed by atoms with van der Waals surface area (Å²) in [6.07, 6.45) is 0.266. The number of hydrogen-bond acceptors (Lipinski definition) is 8. The van der Waals surface area contributed by atoms with Gasteiger partial charge < -0.3 is 34.2 Å². The molecular weight excluding hydrogens is 545 g/mol. The average Bonchev–Trinajstić information content (AvgIpc) is 3.46. The Hall–Kier alpha value is -3.57. The molecular formula is C28H35ClFN3O7. The summed E-state index contributed by atoms with van der Waals surface area (Å²) in [6.45, 7) is 6.26. The monoisotopic (exact) mass is 579 g/mol. The number of ketones is 1. The first kappa shape index (κ1) is 31.0. The number of carboxylic acids is 1. The molecule has 0 saturated carbocycles. The maximum absolute atomic E-state index is 15.2. The van der Waals surface area contributed by atoms with Crippen molar-refractivity contribution in [2.24, 2.45) is 0 Å². The third-order valence-corrected chi connectivity index (χ3v) is 7.09. The summed E-state index contributed by atoms with van der Waals surface area (Å²) in [4.78, 5) is 27.8. The molecule has 1 unspecified atom stereocenters. The summed E-state index contributed by atoms with van der Waals surface area (Å²) < 4.78 is 31.0. The third kappa shape index (κ3) is 5.95. The number of carbonyl (C=O) groups excluding carboxylic acids is 1. The van der Waals surface area contributed by atoms with E-state index in [1.165, 1.54) is 19.1 Å². The van der Waals surface area contributed by atoms with Gasteiger partial charge in [-0.1, -0.05) is 20.8 Å². The molecule has 10 nitrogen and oxygen atoms in total. The normalized spacial score (nSPS) is 16.6. The van der Waals surface area contributed by atoms with Crippen LogP contribution < -0.4 is 14.4 Å². The van der Waals surface area contributed by atoms with Gasteiger partial charge in [0, 0.05) is 30.8 Å². The van der Waals surface area contributed by atoms with Crippen LogP contribution in [-0.4, -0.2) is 79.3 Å². The second-order valence-electron chi connectivity index (χ2n) is 10.8. The van der Waals surface area contributed by atoms with E-state index in [0.717, 1.165) is 0 Å². The number of methoxy groups -OCH3 is 2. The number of aliphatic carboxylic acids is 1. The molecule has 0 amide bonds. The number of nitrogens with zero attached hydrogens (tertiary/aromatic N) is 2. The van der Waals surface area contributed by atoms with Gasteiger partial charge in [-0.15, -0.1) is 12.4 Å². The summed E-state index contributed by atoms with van der Waals surface area (Å²) >= 11 is 0. The second kappa shape index (κ2) is 11.9. The molecule has 0 aliphatic carbocycles. The van der Waals surface area contributed by atoms with Gasteiger partial charge in [-0.05, 0) is 35.6 Å². The van der Waals surface area contributed by atoms with E-state index in [0.29, 0.717) is 41.9 Å². The highest BCUT2D eigenvalue weighted by Crippen LogP contribution is 2.41. The zero-order valence-electron chi connectivity index (χ0n) is 23.2. The summed E-state index contributed by atoms with van der Waals surface area (Å²) in [5.74, 6) is -2.00. The molecule has 3 N–H and O–H groups in total. The van der Waals surface area contributed by atoms with E-state index < -0.39 is 23.8 Å². The molecule has 2 aromatic rings. The Morgan fingerprint density at radius 1 is 1.18 bits per heavy atom. The van der Waals surface area contributed by atoms with Gasteiger partial charge in [-0.2, -0.15) is 0 Å². The Labute approximate surface area is 238 Å². The largest absolute Gasteiger partial charge is 0.505 e. The molecule has 2 aromatic carbocycles. The van der Waals surface area contributed by atoms with E-state index in [-0.39, 0.29) is 66.0 Å². The molecule has 218 valence electrons. The molecule has 4 rings (SSSR count). The molecule has 2 aliphatic heterocycles. The number of halogens is 2. The fraction of sp³-hybridized carbons (Fsp3) is 0.464. The number of phenolic OH excluding ortho intramolecular Hbond substituents is 1. The number of phenols is 1. The van der Waals surface area contributed by atoms with Gasteiger partial charge in [0.25, 0.3) is 0 Å². The van der Waals surface area contributed by atoms with Crippen LogP contribution in [0.5, 0.6) is 17.2 Å². The third-order valence-electron chi connectivity index (χ3n) is 7.09. The van der Waals surface area contributed by atoms with Crippen molar-refractivity contribution >= 4 is 35.7 Å². The Morgan fingerprint density at radius 3 is 2.48 bits per heavy atom. The molecule has 1 fully saturated rings. The molecule has 12 heteroatoms. The van der Waals surface area contributed by atoms with E-state index in [1.54, 1.807) is 18.2 Å². The average molecular weight is 580 g/mol. The van der Waals surface area contributed by atoms with Crippen molar-refractivity contribution in [2.75, 3.05) is 45.4 Å². The Morgan fingerprint density at radius 2 is 1.88 bits per heavy atom. The maximum Gasteiger partial charge on any atom is 0.329 e. The predicted octanol–water partition coefficient (Wildman–Crippen LogP) is 3.97. The molecule has 1 atom stereocenters. The van der Waals surface area contributed by atoms with Crippen molar-refractivity contribution in [3.8, 4) is 17.2 Å². The minimum atomic E-state index is -1.05. The van der Waals surface area contributed by atoms with Crippen LogP contribution in [0.1, 0.15) is 54.2 Å². The molecule has 0 spiro atoms. The van der Waals surface area contributed by atoms with Crippen LogP contribution in [0.2, 0.25) is 0 Å². The number of ether oxygens (including phenoxy) is 3. The molecule has 2 heterocycles. The van der Waals surface area contributed by atoms with Crippen LogP contribution >= 0.6 is 12.4 Å². The van der Waals surface area contributed by atoms with Gasteiger partial charge in [0.2, 0.25) is 0 Å². The molecule has 40 heavy (non-hydrogen) atoms. The maximum atomic E-state index is 15.2. The lowest BCUT2D eigenvalue weighted by Gasteiger charge is -2.27. The lowest BCUT2D eigenvalue weighted by Crippen LogP contribution is -2.31. The van der Waals surface area contributed by atoms with E-state index in [1.807, 2.05) is 25.7 Å². The Balaban J connectivity index is 0.00000441. The van der Waals surface area contributed by atoms with Gasteiger partial charge >= 0.3 is 5.97 Å². The van der Waals surface area contributed by atoms with Crippen LogP contribution in [0, 0.1) is 11.2 Å². The van der Waals surface area contributed by atoms with Crippen molar-refractivity contribution in [1.29, 1.82) is 5.41 Å². The van der Waals surface area contributed by atoms with Gasteiger partial charge in [0.1, 0.15) is 18.2 Å². The van der Waals surface area contributed by atoms with Gasteiger partial charge in [0.15, 0.2) is 23.1 Å². The van der Waals surface area contributed by atoms with Crippen molar-refractivity contribution in [3.63, 3.8) is 0 Å². The van der Waals surface area contributed by atoms with Crippen LogP contribution in [0.4, 0.5) is 10.1 Å². The molecule has 0 bridgehead atoms. The number of aromatic hydroxyl groups is 1. The highest BCUT2D eigenvalue weighted by atomic mass is 35.5. The first-order chi connectivity index (χ1) is 18.3. The quantitative estimate of drug-likeness (QED) is 0.377.